The number of hydrogen-bond donors (Lipinski definition) is 13. The fraction of sp³-hybridized carbons (Fsp3) is 0.825. The Hall–Kier alpha value is -5.02. The summed E-state index contributed by atoms with van der Waals surface area (Å²) in [6.07, 6.45) is 7.15. The number of carbonyl (C=O) groups is 10. The van der Waals surface area contributed by atoms with E-state index in [9.17, 15) is 47.9 Å². The van der Waals surface area contributed by atoms with E-state index in [1.54, 1.807) is 6.92 Å². The molecule has 0 aliphatic rings. The highest BCUT2D eigenvalue weighted by Crippen LogP contribution is 2.23. The molecule has 82 heavy (non-hydrogen) atoms. The highest BCUT2D eigenvalue weighted by atomic mass is 16.5. The Morgan fingerprint density at radius 3 is 1.13 bits per heavy atom. The van der Waals surface area contributed by atoms with E-state index in [1.165, 1.54) is 0 Å². The molecule has 0 aromatic rings. The van der Waals surface area contributed by atoms with Gasteiger partial charge < -0.3 is 79.4 Å². The number of carbonyl (C=O) groups excluding carboxylic acids is 10. The summed E-state index contributed by atoms with van der Waals surface area (Å²) in [5, 5.41) is 32.5. The number of rotatable bonds is 58. The Kier molecular flexibility index (Phi) is 50.6. The van der Waals surface area contributed by atoms with Crippen molar-refractivity contribution in [2.75, 3.05) is 138 Å². The van der Waals surface area contributed by atoms with Crippen LogP contribution in [0, 0.1) is 23.7 Å². The van der Waals surface area contributed by atoms with E-state index in [2.05, 4.69) is 72.3 Å². The molecule has 5 amide bonds. The van der Waals surface area contributed by atoms with Crippen molar-refractivity contribution in [2.24, 2.45) is 35.1 Å². The fourth-order valence-corrected chi connectivity index (χ4v) is 8.43. The number of Topliss-reactive ketones (excluding diaryl/α,β-unsaturated/α-hetero) is 3. The van der Waals surface area contributed by atoms with Crippen LogP contribution >= 0.6 is 0 Å². The van der Waals surface area contributed by atoms with E-state index in [-0.39, 0.29) is 70.0 Å². The molecule has 0 saturated heterocycles. The number of amides is 5. The molecule has 0 spiro atoms. The molecule has 0 aromatic carbocycles. The molecule has 0 bridgehead atoms. The van der Waals surface area contributed by atoms with Crippen LogP contribution in [0.15, 0.2) is 0 Å². The molecule has 15 N–H and O–H groups in total. The van der Waals surface area contributed by atoms with Gasteiger partial charge in [0.25, 0.3) is 0 Å². The lowest BCUT2D eigenvalue weighted by Gasteiger charge is -2.22. The van der Waals surface area contributed by atoms with E-state index in [4.69, 9.17) is 20.9 Å². The van der Waals surface area contributed by atoms with Gasteiger partial charge in [-0.05, 0) is 25.7 Å². The summed E-state index contributed by atoms with van der Waals surface area (Å²) in [6, 6.07) is 0. The van der Waals surface area contributed by atoms with Crippen LogP contribution in [0.2, 0.25) is 0 Å². The smallest absolute Gasteiger partial charge is 0.319 e. The van der Waals surface area contributed by atoms with Crippen LogP contribution in [-0.2, 0) is 57.4 Å². The number of hydrogen-bond acceptors (Lipinski definition) is 20. The van der Waals surface area contributed by atoms with Gasteiger partial charge in [-0.3, -0.25) is 47.9 Å². The van der Waals surface area contributed by atoms with Gasteiger partial charge in [0.15, 0.2) is 0 Å². The number of ether oxygens (including phenoxy) is 2. The summed E-state index contributed by atoms with van der Waals surface area (Å²) in [4.78, 5) is 133. The van der Waals surface area contributed by atoms with Gasteiger partial charge in [-0.1, -0.05) is 72.6 Å². The van der Waals surface area contributed by atoms with Gasteiger partial charge in [-0.2, -0.15) is 0 Å². The first-order valence-electron chi connectivity index (χ1n) is 30.5. The van der Waals surface area contributed by atoms with Crippen LogP contribution in [0.25, 0.3) is 0 Å². The molecule has 474 valence electrons. The predicted octanol–water partition coefficient (Wildman–Crippen LogP) is -0.618. The third kappa shape index (κ3) is 44.5. The van der Waals surface area contributed by atoms with E-state index < -0.39 is 96.8 Å². The minimum absolute atomic E-state index is 0.0641. The summed E-state index contributed by atoms with van der Waals surface area (Å²) < 4.78 is 10.5. The molecular formula is C57H109N13O12. The Morgan fingerprint density at radius 1 is 0.341 bits per heavy atom. The van der Waals surface area contributed by atoms with Gasteiger partial charge in [0, 0.05) is 168 Å². The number of nitrogens with one attached hydrogen (secondary N) is 11. The minimum atomic E-state index is -1.26. The molecule has 0 aliphatic heterocycles. The molecule has 0 rings (SSSR count). The van der Waals surface area contributed by atoms with E-state index in [1.807, 2.05) is 6.92 Å². The predicted molar refractivity (Wildman–Crippen MR) is 317 cm³/mol. The first kappa shape index (κ1) is 77.0. The summed E-state index contributed by atoms with van der Waals surface area (Å²) >= 11 is 0. The van der Waals surface area contributed by atoms with Crippen molar-refractivity contribution in [2.45, 2.75) is 143 Å². The lowest BCUT2D eigenvalue weighted by atomic mass is 9.83. The normalized spacial score (nSPS) is 12.6. The highest BCUT2D eigenvalue weighted by Gasteiger charge is 2.33. The SMILES string of the molecule is CCCCCCOC(=O)CNCCNCCNC(=O)CC(CC(=O)CC(CC)C(=O)NCCNCCNCC(=O)OCCCCCC)C(=O)CC(CC(=O)CC(CC(=O)NCCNCCN)C(=O)NCCCC)C(=O)NCCNCCN. The average Bonchev–Trinajstić information content (AvgIpc) is 3.45. The van der Waals surface area contributed by atoms with Crippen molar-refractivity contribution in [3.63, 3.8) is 0 Å². The molecule has 0 heterocycles. The van der Waals surface area contributed by atoms with Crippen LogP contribution in [0.1, 0.15) is 143 Å². The van der Waals surface area contributed by atoms with Crippen LogP contribution in [-0.4, -0.2) is 196 Å². The maximum atomic E-state index is 14.5. The Morgan fingerprint density at radius 2 is 0.695 bits per heavy atom. The van der Waals surface area contributed by atoms with Crippen molar-refractivity contribution in [1.29, 1.82) is 0 Å². The number of ketones is 3. The number of unbranched alkanes of at least 4 members (excludes halogenated alkanes) is 7. The molecular weight excluding hydrogens is 1060 g/mol. The second kappa shape index (κ2) is 54.0. The maximum absolute atomic E-state index is 14.5. The molecule has 25 nitrogen and oxygen atoms in total. The quantitative estimate of drug-likeness (QED) is 0.0267. The van der Waals surface area contributed by atoms with Gasteiger partial charge in [0.05, 0.1) is 38.1 Å². The zero-order chi connectivity index (χ0) is 60.9. The Bertz CT molecular complexity index is 1780. The molecule has 4 atom stereocenters. The van der Waals surface area contributed by atoms with Gasteiger partial charge >= 0.3 is 11.9 Å². The lowest BCUT2D eigenvalue weighted by Crippen LogP contribution is -2.41. The van der Waals surface area contributed by atoms with Gasteiger partial charge in [0.1, 0.15) is 17.3 Å². The zero-order valence-corrected chi connectivity index (χ0v) is 50.4. The standard InChI is InChI=1S/C57H109N13O12/c1-5-9-12-14-33-81-53(76)42-64-23-21-62-26-30-66-51(74)40-45(36-48(71)35-44(8-4)55(78)69-32-28-63-22-24-65-43-54(77)82-34-15-13-10-6-2)50(73)39-46(56(79)70-31-27-61-20-17-59)37-49(72)38-47(57(80)68-18-11-7-3)41-52(75)67-29-25-60-19-16-58/h44-47,60-65H,5-43,58-59H2,1-4H3,(H,66,74)(H,67,75)(H,68,80)(H,69,78)(H,70,79). The molecule has 0 aromatic heterocycles. The van der Waals surface area contributed by atoms with Crippen LogP contribution < -0.4 is 70.0 Å². The molecule has 0 saturated carbocycles. The maximum Gasteiger partial charge on any atom is 0.319 e. The zero-order valence-electron chi connectivity index (χ0n) is 50.4. The highest BCUT2D eigenvalue weighted by molar-refractivity contribution is 5.97. The molecule has 0 aliphatic carbocycles. The van der Waals surface area contributed by atoms with E-state index >= 15 is 0 Å². The van der Waals surface area contributed by atoms with Crippen LogP contribution in [0.3, 0.4) is 0 Å². The third-order valence-electron chi connectivity index (χ3n) is 13.2. The molecule has 0 fully saturated rings. The molecule has 0 radical (unpaired) electrons. The van der Waals surface area contributed by atoms with Gasteiger partial charge in [0.2, 0.25) is 29.5 Å². The molecule has 25 heteroatoms. The monoisotopic (exact) mass is 1170 g/mol. The first-order valence-corrected chi connectivity index (χ1v) is 30.5. The second-order valence-corrected chi connectivity index (χ2v) is 20.6. The van der Waals surface area contributed by atoms with Crippen molar-refractivity contribution >= 4 is 58.8 Å². The largest absolute Gasteiger partial charge is 0.465 e. The summed E-state index contributed by atoms with van der Waals surface area (Å²) in [6.45, 7) is 15.4. The van der Waals surface area contributed by atoms with Crippen molar-refractivity contribution in [3.8, 4) is 0 Å². The van der Waals surface area contributed by atoms with Crippen molar-refractivity contribution in [3.05, 3.63) is 0 Å². The third-order valence-corrected chi connectivity index (χ3v) is 13.2. The topological polar surface area (TPSA) is 374 Å². The van der Waals surface area contributed by atoms with Crippen LogP contribution in [0.5, 0.6) is 0 Å². The van der Waals surface area contributed by atoms with Crippen molar-refractivity contribution < 1.29 is 57.4 Å². The summed E-state index contributed by atoms with van der Waals surface area (Å²) in [5.74, 6) is -8.99. The summed E-state index contributed by atoms with van der Waals surface area (Å²) in [5.41, 5.74) is 11.1. The van der Waals surface area contributed by atoms with Gasteiger partial charge in [-0.25, -0.2) is 0 Å². The van der Waals surface area contributed by atoms with Crippen molar-refractivity contribution in [1.82, 2.24) is 58.5 Å². The molecule has 4 unspecified atom stereocenters. The van der Waals surface area contributed by atoms with Crippen LogP contribution in [0.4, 0.5) is 0 Å². The first-order chi connectivity index (χ1) is 39.6. The minimum Gasteiger partial charge on any atom is -0.465 e. The van der Waals surface area contributed by atoms with E-state index in [0.29, 0.717) is 111 Å². The average molecular weight is 1170 g/mol. The fourth-order valence-electron chi connectivity index (χ4n) is 8.43. The number of esters is 2. The summed E-state index contributed by atoms with van der Waals surface area (Å²) in [7, 11) is 0. The Labute approximate surface area is 489 Å². The van der Waals surface area contributed by atoms with E-state index in [0.717, 1.165) is 57.8 Å². The second-order valence-electron chi connectivity index (χ2n) is 20.6. The lowest BCUT2D eigenvalue weighted by molar-refractivity contribution is -0.143. The Balaban J connectivity index is 6.09. The van der Waals surface area contributed by atoms with Gasteiger partial charge in [-0.15, -0.1) is 0 Å². The number of nitrogens with two attached hydrogens (primary N) is 2.